The van der Waals surface area contributed by atoms with Crippen LogP contribution in [-0.2, 0) is 10.0 Å². The van der Waals surface area contributed by atoms with Gasteiger partial charge in [0.1, 0.15) is 4.21 Å². The molecule has 0 spiro atoms. The monoisotopic (exact) mass is 283 g/mol. The van der Waals surface area contributed by atoms with Crippen LogP contribution in [0.2, 0.25) is 0 Å². The van der Waals surface area contributed by atoms with E-state index in [1.807, 2.05) is 0 Å². The van der Waals surface area contributed by atoms with Crippen LogP contribution < -0.4 is 4.72 Å². The first-order valence-corrected chi connectivity index (χ1v) is 8.74. The van der Waals surface area contributed by atoms with Crippen molar-refractivity contribution in [1.82, 2.24) is 4.72 Å². The highest BCUT2D eigenvalue weighted by Crippen LogP contribution is 2.39. The molecule has 98 valence electrons. The summed E-state index contributed by atoms with van der Waals surface area (Å²) in [5.74, 6) is 0.951. The molecular formula is C13H17NO2S2. The Morgan fingerprint density at radius 2 is 1.83 bits per heavy atom. The van der Waals surface area contributed by atoms with Crippen LogP contribution in [0, 0.1) is 11.8 Å². The Balaban J connectivity index is 1.81. The lowest BCUT2D eigenvalue weighted by Crippen LogP contribution is -2.40. The zero-order valence-electron chi connectivity index (χ0n) is 10.1. The van der Waals surface area contributed by atoms with E-state index < -0.39 is 10.0 Å². The van der Waals surface area contributed by atoms with Crippen molar-refractivity contribution >= 4 is 21.4 Å². The Bertz CT molecular complexity index is 517. The summed E-state index contributed by atoms with van der Waals surface area (Å²) in [5.41, 5.74) is 0. The van der Waals surface area contributed by atoms with Crippen LogP contribution in [-0.4, -0.2) is 14.5 Å². The van der Waals surface area contributed by atoms with Crippen LogP contribution in [0.4, 0.5) is 0 Å². The van der Waals surface area contributed by atoms with Crippen LogP contribution in [0.25, 0.3) is 0 Å². The normalized spacial score (nSPS) is 31.4. The van der Waals surface area contributed by atoms with Crippen molar-refractivity contribution in [2.45, 2.75) is 35.9 Å². The molecule has 0 aliphatic heterocycles. The lowest BCUT2D eigenvalue weighted by molar-refractivity contribution is 0.389. The maximum Gasteiger partial charge on any atom is 0.250 e. The third-order valence-corrected chi connectivity index (χ3v) is 6.88. The van der Waals surface area contributed by atoms with E-state index in [4.69, 9.17) is 0 Å². The standard InChI is InChI=1S/C13H17NO2S2/c15-18(16,12-6-3-9-17-12)14-13-10-4-1-2-5-11(13)8-7-10/h1-3,6,9-11,13-14H,4-5,7-8H2. The van der Waals surface area contributed by atoms with Gasteiger partial charge in [-0.2, -0.15) is 0 Å². The minimum Gasteiger partial charge on any atom is -0.207 e. The Morgan fingerprint density at radius 1 is 1.17 bits per heavy atom. The molecule has 0 aromatic carbocycles. The Hall–Kier alpha value is -0.650. The first kappa shape index (κ1) is 12.4. The van der Waals surface area contributed by atoms with E-state index in [1.165, 1.54) is 11.3 Å². The fraction of sp³-hybridized carbons (Fsp3) is 0.538. The van der Waals surface area contributed by atoms with Gasteiger partial charge < -0.3 is 0 Å². The predicted octanol–water partition coefficient (Wildman–Crippen LogP) is 2.77. The zero-order chi connectivity index (χ0) is 12.6. The summed E-state index contributed by atoms with van der Waals surface area (Å²) >= 11 is 1.28. The van der Waals surface area contributed by atoms with Gasteiger partial charge in [0, 0.05) is 6.04 Å². The third-order valence-electron chi connectivity index (χ3n) is 4.02. The first-order chi connectivity index (χ1) is 8.67. The van der Waals surface area contributed by atoms with E-state index in [2.05, 4.69) is 16.9 Å². The van der Waals surface area contributed by atoms with Crippen molar-refractivity contribution in [3.63, 3.8) is 0 Å². The maximum absolute atomic E-state index is 12.3. The molecule has 5 heteroatoms. The lowest BCUT2D eigenvalue weighted by Gasteiger charge is -2.23. The molecule has 2 aliphatic carbocycles. The summed E-state index contributed by atoms with van der Waals surface area (Å²) in [4.78, 5) is 0. The number of allylic oxidation sites excluding steroid dienone is 2. The second-order valence-corrected chi connectivity index (χ2v) is 8.01. The fourth-order valence-corrected chi connectivity index (χ4v) is 5.47. The Morgan fingerprint density at radius 3 is 2.39 bits per heavy atom. The first-order valence-electron chi connectivity index (χ1n) is 6.37. The highest BCUT2D eigenvalue weighted by Gasteiger charge is 2.38. The lowest BCUT2D eigenvalue weighted by atomic mass is 9.97. The molecule has 1 fully saturated rings. The minimum atomic E-state index is -3.32. The van der Waals surface area contributed by atoms with Gasteiger partial charge in [0.15, 0.2) is 0 Å². The van der Waals surface area contributed by atoms with E-state index in [-0.39, 0.29) is 6.04 Å². The molecule has 0 radical (unpaired) electrons. The predicted molar refractivity (Wildman–Crippen MR) is 73.0 cm³/mol. The van der Waals surface area contributed by atoms with E-state index in [1.54, 1.807) is 17.5 Å². The van der Waals surface area contributed by atoms with E-state index in [0.717, 1.165) is 25.7 Å². The van der Waals surface area contributed by atoms with Gasteiger partial charge in [-0.15, -0.1) is 11.3 Å². The number of hydrogen-bond donors (Lipinski definition) is 1. The molecule has 2 atom stereocenters. The molecule has 1 heterocycles. The van der Waals surface area contributed by atoms with Crippen molar-refractivity contribution in [1.29, 1.82) is 0 Å². The van der Waals surface area contributed by atoms with Gasteiger partial charge in [0.25, 0.3) is 0 Å². The van der Waals surface area contributed by atoms with E-state index in [0.29, 0.717) is 16.0 Å². The van der Waals surface area contributed by atoms with Crippen molar-refractivity contribution in [3.8, 4) is 0 Å². The largest absolute Gasteiger partial charge is 0.250 e. The molecule has 2 aliphatic rings. The topological polar surface area (TPSA) is 46.2 Å². The van der Waals surface area contributed by atoms with Crippen molar-refractivity contribution in [3.05, 3.63) is 29.7 Å². The minimum absolute atomic E-state index is 0.118. The number of hydrogen-bond acceptors (Lipinski definition) is 3. The molecule has 1 saturated carbocycles. The van der Waals surface area contributed by atoms with Crippen LogP contribution >= 0.6 is 11.3 Å². The molecule has 1 N–H and O–H groups in total. The number of fused-ring (bicyclic) bond motifs is 2. The molecule has 3 rings (SSSR count). The second kappa shape index (κ2) is 4.79. The zero-order valence-corrected chi connectivity index (χ0v) is 11.7. The number of nitrogens with one attached hydrogen (secondary N) is 1. The second-order valence-electron chi connectivity index (χ2n) is 5.12. The molecule has 0 amide bonds. The quantitative estimate of drug-likeness (QED) is 0.867. The summed E-state index contributed by atoms with van der Waals surface area (Å²) in [6.07, 6.45) is 8.72. The maximum atomic E-state index is 12.3. The van der Waals surface area contributed by atoms with Crippen molar-refractivity contribution in [2.75, 3.05) is 0 Å². The molecule has 3 nitrogen and oxygen atoms in total. The molecule has 1 aromatic rings. The molecular weight excluding hydrogens is 266 g/mol. The summed E-state index contributed by atoms with van der Waals surface area (Å²) in [7, 11) is -3.32. The SMILES string of the molecule is O=S(=O)(NC1C2CC=CCC1CC2)c1cccs1. The molecule has 1 aromatic heterocycles. The molecule has 0 saturated heterocycles. The fourth-order valence-electron chi connectivity index (χ4n) is 3.09. The average molecular weight is 283 g/mol. The van der Waals surface area contributed by atoms with Crippen LogP contribution in [0.5, 0.6) is 0 Å². The molecule has 2 unspecified atom stereocenters. The number of sulfonamides is 1. The Kier molecular flexibility index (Phi) is 3.30. The van der Waals surface area contributed by atoms with Crippen LogP contribution in [0.15, 0.2) is 33.9 Å². The smallest absolute Gasteiger partial charge is 0.207 e. The number of thiophene rings is 1. The summed E-state index contributed by atoms with van der Waals surface area (Å²) in [6.45, 7) is 0. The molecule has 2 bridgehead atoms. The van der Waals surface area contributed by atoms with Gasteiger partial charge in [-0.25, -0.2) is 13.1 Å². The van der Waals surface area contributed by atoms with Crippen LogP contribution in [0.3, 0.4) is 0 Å². The van der Waals surface area contributed by atoms with Gasteiger partial charge in [-0.1, -0.05) is 18.2 Å². The van der Waals surface area contributed by atoms with Gasteiger partial charge in [0.05, 0.1) is 0 Å². The van der Waals surface area contributed by atoms with Gasteiger partial charge >= 0.3 is 0 Å². The third kappa shape index (κ3) is 2.27. The van der Waals surface area contributed by atoms with Crippen molar-refractivity contribution in [2.24, 2.45) is 11.8 Å². The van der Waals surface area contributed by atoms with Crippen molar-refractivity contribution < 1.29 is 8.42 Å². The van der Waals surface area contributed by atoms with Gasteiger partial charge in [-0.3, -0.25) is 0 Å². The van der Waals surface area contributed by atoms with E-state index >= 15 is 0 Å². The summed E-state index contributed by atoms with van der Waals surface area (Å²) < 4.78 is 27.9. The summed E-state index contributed by atoms with van der Waals surface area (Å²) in [5, 5.41) is 1.80. The Labute approximate surface area is 112 Å². The van der Waals surface area contributed by atoms with Gasteiger partial charge in [0.2, 0.25) is 10.0 Å². The van der Waals surface area contributed by atoms with Gasteiger partial charge in [-0.05, 0) is 49.0 Å². The summed E-state index contributed by atoms with van der Waals surface area (Å²) in [6, 6.07) is 3.57. The highest BCUT2D eigenvalue weighted by atomic mass is 32.2. The molecule has 18 heavy (non-hydrogen) atoms. The highest BCUT2D eigenvalue weighted by molar-refractivity contribution is 7.91. The van der Waals surface area contributed by atoms with Crippen LogP contribution in [0.1, 0.15) is 25.7 Å². The average Bonchev–Trinajstić information content (AvgIpc) is 2.88. The van der Waals surface area contributed by atoms with E-state index in [9.17, 15) is 8.42 Å². The number of rotatable bonds is 3.